The molecule has 1 aromatic rings. The lowest BCUT2D eigenvalue weighted by Gasteiger charge is -1.94. The average molecular weight is 219 g/mol. The van der Waals surface area contributed by atoms with Crippen LogP contribution in [-0.4, -0.2) is 30.8 Å². The summed E-state index contributed by atoms with van der Waals surface area (Å²) in [4.78, 5) is 10.5. The molecule has 0 atom stereocenters. The van der Waals surface area contributed by atoms with E-state index in [1.807, 2.05) is 0 Å². The second kappa shape index (κ2) is 3.74. The van der Waals surface area contributed by atoms with Crippen molar-refractivity contribution < 1.29 is 17.6 Å². The summed E-state index contributed by atoms with van der Waals surface area (Å²) in [5.74, 6) is -0.204. The lowest BCUT2D eigenvalue weighted by Crippen LogP contribution is -2.19. The van der Waals surface area contributed by atoms with Gasteiger partial charge in [-0.2, -0.15) is 0 Å². The molecular weight excluding hydrogens is 210 g/mol. The Kier molecular flexibility index (Phi) is 2.84. The van der Waals surface area contributed by atoms with Crippen molar-refractivity contribution in [2.45, 2.75) is 18.7 Å². The third-order valence-electron chi connectivity index (χ3n) is 1.25. The number of hydrogen-bond acceptors (Lipinski definition) is 6. The fourth-order valence-corrected chi connectivity index (χ4v) is 1.10. The molecule has 8 heteroatoms. The number of rotatable bonds is 3. The van der Waals surface area contributed by atoms with E-state index in [0.717, 1.165) is 6.26 Å². The van der Waals surface area contributed by atoms with Crippen LogP contribution in [0, 0.1) is 0 Å². The van der Waals surface area contributed by atoms with Crippen molar-refractivity contribution in [1.82, 2.24) is 15.5 Å². The molecule has 0 saturated carbocycles. The molecule has 0 aliphatic rings. The molecule has 0 unspecified atom stereocenters. The summed E-state index contributed by atoms with van der Waals surface area (Å²) < 4.78 is 26.6. The highest BCUT2D eigenvalue weighted by molar-refractivity contribution is 7.90. The van der Waals surface area contributed by atoms with Crippen LogP contribution in [0.1, 0.15) is 12.8 Å². The van der Waals surface area contributed by atoms with Crippen LogP contribution in [0.25, 0.3) is 0 Å². The van der Waals surface area contributed by atoms with Crippen LogP contribution in [0.4, 0.5) is 0 Å². The molecule has 0 spiro atoms. The van der Waals surface area contributed by atoms with Crippen LogP contribution in [0.3, 0.4) is 0 Å². The molecule has 0 saturated heterocycles. The molecule has 14 heavy (non-hydrogen) atoms. The third kappa shape index (κ3) is 2.80. The van der Waals surface area contributed by atoms with E-state index in [9.17, 15) is 13.2 Å². The minimum Gasteiger partial charge on any atom is -0.411 e. The first-order chi connectivity index (χ1) is 6.39. The minimum absolute atomic E-state index is 0.0256. The Balaban J connectivity index is 2.74. The van der Waals surface area contributed by atoms with Gasteiger partial charge in [0.15, 0.2) is 0 Å². The zero-order valence-electron chi connectivity index (χ0n) is 7.64. The topological polar surface area (TPSA) is 102 Å². The first-order valence-corrected chi connectivity index (χ1v) is 5.55. The van der Waals surface area contributed by atoms with Crippen molar-refractivity contribution in [2.24, 2.45) is 0 Å². The predicted octanol–water partition coefficient (Wildman–Crippen LogP) is -0.891. The Labute approximate surface area is 80.4 Å². The second-order valence-corrected chi connectivity index (χ2v) is 4.54. The van der Waals surface area contributed by atoms with Gasteiger partial charge in [0.25, 0.3) is 0 Å². The number of nitrogens with zero attached hydrogens (tertiary/aromatic N) is 2. The fraction of sp³-hybridized carbons (Fsp3) is 0.500. The molecular formula is C6H9N3O4S. The van der Waals surface area contributed by atoms with E-state index in [1.54, 1.807) is 0 Å². The number of carbonyl (C=O) groups is 1. The van der Waals surface area contributed by atoms with E-state index in [-0.39, 0.29) is 18.3 Å². The fourth-order valence-electron chi connectivity index (χ4n) is 0.660. The van der Waals surface area contributed by atoms with Crippen molar-refractivity contribution in [3.05, 3.63) is 5.89 Å². The van der Waals surface area contributed by atoms with Gasteiger partial charge in [-0.1, -0.05) is 5.10 Å². The molecule has 1 N–H and O–H groups in total. The van der Waals surface area contributed by atoms with Crippen molar-refractivity contribution in [1.29, 1.82) is 0 Å². The van der Waals surface area contributed by atoms with Gasteiger partial charge in [0, 0.05) is 13.2 Å². The summed E-state index contributed by atoms with van der Waals surface area (Å²) in [5.41, 5.74) is 0. The summed E-state index contributed by atoms with van der Waals surface area (Å²) in [6.07, 6.45) is 0.961. The first-order valence-electron chi connectivity index (χ1n) is 3.66. The van der Waals surface area contributed by atoms with Crippen LogP contribution in [0.2, 0.25) is 0 Å². The van der Waals surface area contributed by atoms with Crippen LogP contribution < -0.4 is 5.32 Å². The second-order valence-electron chi connectivity index (χ2n) is 2.64. The van der Waals surface area contributed by atoms with Gasteiger partial charge in [0.2, 0.25) is 21.6 Å². The predicted molar refractivity (Wildman–Crippen MR) is 44.9 cm³/mol. The van der Waals surface area contributed by atoms with Gasteiger partial charge >= 0.3 is 5.22 Å². The summed E-state index contributed by atoms with van der Waals surface area (Å²) in [6, 6.07) is 0. The lowest BCUT2D eigenvalue weighted by atomic mass is 10.6. The number of carbonyl (C=O) groups excluding carboxylic acids is 1. The van der Waals surface area contributed by atoms with E-state index in [4.69, 9.17) is 4.42 Å². The Hall–Kier alpha value is -1.44. The highest BCUT2D eigenvalue weighted by Gasteiger charge is 2.16. The van der Waals surface area contributed by atoms with Crippen LogP contribution in [-0.2, 0) is 21.2 Å². The molecule has 0 aromatic carbocycles. The van der Waals surface area contributed by atoms with E-state index < -0.39 is 15.1 Å². The summed E-state index contributed by atoms with van der Waals surface area (Å²) in [5, 5.41) is 8.70. The van der Waals surface area contributed by atoms with E-state index in [1.165, 1.54) is 6.92 Å². The maximum atomic E-state index is 10.9. The lowest BCUT2D eigenvalue weighted by molar-refractivity contribution is -0.119. The standard InChI is InChI=1S/C6H9N3O4S/c1-4(10)7-3-5-8-9-6(13-5)14(2,11)12/h3H2,1-2H3,(H,7,10). The third-order valence-corrected chi connectivity index (χ3v) is 2.05. The highest BCUT2D eigenvalue weighted by atomic mass is 32.2. The monoisotopic (exact) mass is 219 g/mol. The van der Waals surface area contributed by atoms with Crippen molar-refractivity contribution in [2.75, 3.05) is 6.26 Å². The van der Waals surface area contributed by atoms with E-state index in [0.29, 0.717) is 0 Å². The van der Waals surface area contributed by atoms with Crippen molar-refractivity contribution in [3.63, 3.8) is 0 Å². The SMILES string of the molecule is CC(=O)NCc1nnc(S(C)(=O)=O)o1. The number of aromatic nitrogens is 2. The molecule has 1 rings (SSSR count). The van der Waals surface area contributed by atoms with Gasteiger partial charge in [-0.15, -0.1) is 5.10 Å². The zero-order valence-corrected chi connectivity index (χ0v) is 8.46. The molecule has 0 aliphatic heterocycles. The van der Waals surface area contributed by atoms with Gasteiger partial charge in [0.05, 0.1) is 6.54 Å². The van der Waals surface area contributed by atoms with Gasteiger partial charge in [-0.3, -0.25) is 4.79 Å². The maximum Gasteiger partial charge on any atom is 0.335 e. The Morgan fingerprint density at radius 3 is 2.57 bits per heavy atom. The molecule has 0 bridgehead atoms. The number of sulfone groups is 1. The average Bonchev–Trinajstić information content (AvgIpc) is 2.47. The van der Waals surface area contributed by atoms with Gasteiger partial charge in [-0.25, -0.2) is 8.42 Å². The number of hydrogen-bond donors (Lipinski definition) is 1. The minimum atomic E-state index is -3.47. The van der Waals surface area contributed by atoms with Gasteiger partial charge in [0.1, 0.15) is 0 Å². The smallest absolute Gasteiger partial charge is 0.335 e. The number of nitrogens with one attached hydrogen (secondary N) is 1. The van der Waals surface area contributed by atoms with Crippen molar-refractivity contribution >= 4 is 15.7 Å². The van der Waals surface area contributed by atoms with Crippen LogP contribution in [0.5, 0.6) is 0 Å². The van der Waals surface area contributed by atoms with E-state index >= 15 is 0 Å². The van der Waals surface area contributed by atoms with Crippen molar-refractivity contribution in [3.8, 4) is 0 Å². The van der Waals surface area contributed by atoms with Gasteiger partial charge in [-0.05, 0) is 0 Å². The first kappa shape index (κ1) is 10.6. The Morgan fingerprint density at radius 1 is 1.50 bits per heavy atom. The highest BCUT2D eigenvalue weighted by Crippen LogP contribution is 2.05. The maximum absolute atomic E-state index is 10.9. The zero-order chi connectivity index (χ0) is 10.8. The molecule has 1 amide bonds. The van der Waals surface area contributed by atoms with Gasteiger partial charge < -0.3 is 9.73 Å². The molecule has 7 nitrogen and oxygen atoms in total. The normalized spacial score (nSPS) is 11.3. The number of amides is 1. The molecule has 0 aliphatic carbocycles. The molecule has 78 valence electrons. The molecule has 0 fully saturated rings. The quantitative estimate of drug-likeness (QED) is 0.707. The Bertz CT molecular complexity index is 436. The van der Waals surface area contributed by atoms with E-state index in [2.05, 4.69) is 15.5 Å². The summed E-state index contributed by atoms with van der Waals surface area (Å²) in [7, 11) is -3.47. The largest absolute Gasteiger partial charge is 0.411 e. The summed E-state index contributed by atoms with van der Waals surface area (Å²) in [6.45, 7) is 1.35. The van der Waals surface area contributed by atoms with Crippen LogP contribution in [0.15, 0.2) is 9.64 Å². The molecule has 1 aromatic heterocycles. The molecule has 1 heterocycles. The molecule has 0 radical (unpaired) electrons. The Morgan fingerprint density at radius 2 is 2.14 bits per heavy atom. The van der Waals surface area contributed by atoms with Crippen LogP contribution >= 0.6 is 0 Å². The summed E-state index contributed by atoms with van der Waals surface area (Å²) >= 11 is 0.